The monoisotopic (exact) mass is 402 g/mol. The molecule has 2 amide bonds. The fourth-order valence-corrected chi connectivity index (χ4v) is 1.69. The second-order valence-corrected chi connectivity index (χ2v) is 5.32. The largest absolute Gasteiger partial charge is 0.426 e. The highest BCUT2D eigenvalue weighted by Gasteiger charge is 2.55. The number of carbonyl (C=O) groups excluding carboxylic acids is 2. The van der Waals surface area contributed by atoms with Crippen LogP contribution in [0.1, 0.15) is 17.3 Å². The third kappa shape index (κ3) is 3.39. The predicted molar refractivity (Wildman–Crippen MR) is 73.0 cm³/mol. The van der Waals surface area contributed by atoms with Crippen LogP contribution in [0.15, 0.2) is 18.2 Å². The summed E-state index contributed by atoms with van der Waals surface area (Å²) in [4.78, 5) is 22.7. The van der Waals surface area contributed by atoms with Crippen molar-refractivity contribution in [2.45, 2.75) is 18.7 Å². The van der Waals surface area contributed by atoms with Crippen molar-refractivity contribution in [2.24, 2.45) is 5.73 Å². The van der Waals surface area contributed by atoms with E-state index in [-0.39, 0.29) is 11.3 Å². The first-order chi connectivity index (χ1) is 8.96. The first-order valence-corrected chi connectivity index (χ1v) is 6.24. The van der Waals surface area contributed by atoms with Crippen molar-refractivity contribution in [2.75, 3.05) is 5.32 Å². The number of hydrogen-bond acceptors (Lipinski definition) is 3. The minimum absolute atomic E-state index is 0.150. The normalized spacial score (nSPS) is 14.5. The van der Waals surface area contributed by atoms with Crippen LogP contribution in [-0.2, 0) is 4.79 Å². The van der Waals surface area contributed by atoms with Crippen LogP contribution in [0.2, 0.25) is 0 Å². The highest BCUT2D eigenvalue weighted by Crippen LogP contribution is 2.31. The van der Waals surface area contributed by atoms with Gasteiger partial charge in [0.05, 0.1) is 11.3 Å². The summed E-state index contributed by atoms with van der Waals surface area (Å²) in [5, 5.41) is 11.1. The van der Waals surface area contributed by atoms with Gasteiger partial charge in [-0.2, -0.15) is 13.2 Å². The van der Waals surface area contributed by atoms with E-state index in [1.807, 2.05) is 27.9 Å². The quantitative estimate of drug-likeness (QED) is 0.672. The van der Waals surface area contributed by atoms with Gasteiger partial charge in [0.2, 0.25) is 5.60 Å². The van der Waals surface area contributed by atoms with Crippen LogP contribution >= 0.6 is 22.6 Å². The molecule has 1 aromatic carbocycles. The molecule has 4 N–H and O–H groups in total. The zero-order chi connectivity index (χ0) is 15.7. The lowest BCUT2D eigenvalue weighted by atomic mass is 10.0. The van der Waals surface area contributed by atoms with Crippen molar-refractivity contribution in [3.63, 3.8) is 0 Å². The Labute approximate surface area is 125 Å². The van der Waals surface area contributed by atoms with E-state index in [1.54, 1.807) is 0 Å². The topological polar surface area (TPSA) is 92.4 Å². The molecule has 0 saturated carbocycles. The van der Waals surface area contributed by atoms with Gasteiger partial charge in [0.15, 0.2) is 0 Å². The molecule has 0 radical (unpaired) electrons. The van der Waals surface area contributed by atoms with Crippen molar-refractivity contribution < 1.29 is 27.9 Å². The third-order valence-corrected chi connectivity index (χ3v) is 3.16. The standard InChI is InChI=1S/C11H10F3IN2O3/c1-10(20,11(12,13)14)9(19)17-7-3-2-5(15)4-6(7)8(16)18/h2-4,20H,1H3,(H2,16,18)(H,17,19). The Balaban J connectivity index is 3.12. The fraction of sp³-hybridized carbons (Fsp3) is 0.273. The molecule has 0 aliphatic heterocycles. The van der Waals surface area contributed by atoms with Crippen LogP contribution in [0.3, 0.4) is 0 Å². The van der Waals surface area contributed by atoms with Crippen molar-refractivity contribution in [3.8, 4) is 0 Å². The SMILES string of the molecule is CC(O)(C(=O)Nc1ccc(I)cc1C(N)=O)C(F)(F)F. The predicted octanol–water partition coefficient (Wildman–Crippen LogP) is 1.64. The lowest BCUT2D eigenvalue weighted by molar-refractivity contribution is -0.242. The van der Waals surface area contributed by atoms with Crippen LogP contribution in [0.25, 0.3) is 0 Å². The second-order valence-electron chi connectivity index (χ2n) is 4.08. The van der Waals surface area contributed by atoms with Gasteiger partial charge in [-0.25, -0.2) is 0 Å². The molecule has 1 atom stereocenters. The van der Waals surface area contributed by atoms with Crippen LogP contribution in [0.4, 0.5) is 18.9 Å². The number of aliphatic hydroxyl groups is 1. The van der Waals surface area contributed by atoms with E-state index >= 15 is 0 Å². The number of primary amides is 1. The van der Waals surface area contributed by atoms with Gasteiger partial charge in [0.1, 0.15) is 0 Å². The number of anilines is 1. The third-order valence-electron chi connectivity index (χ3n) is 2.49. The van der Waals surface area contributed by atoms with Crippen LogP contribution in [-0.4, -0.2) is 28.7 Å². The van der Waals surface area contributed by atoms with Gasteiger partial charge in [0, 0.05) is 3.57 Å². The minimum Gasteiger partial charge on any atom is -0.373 e. The first kappa shape index (κ1) is 16.7. The molecule has 0 fully saturated rings. The van der Waals surface area contributed by atoms with Crippen molar-refractivity contribution in [1.82, 2.24) is 0 Å². The molecule has 0 bridgehead atoms. The summed E-state index contributed by atoms with van der Waals surface area (Å²) >= 11 is 1.87. The number of amides is 2. The van der Waals surface area contributed by atoms with Gasteiger partial charge >= 0.3 is 6.18 Å². The Morgan fingerprint density at radius 2 is 1.90 bits per heavy atom. The Kier molecular flexibility index (Phi) is 4.64. The van der Waals surface area contributed by atoms with E-state index in [1.165, 1.54) is 18.2 Å². The molecule has 0 aliphatic rings. The Bertz CT molecular complexity index is 558. The number of carbonyl (C=O) groups is 2. The van der Waals surface area contributed by atoms with Gasteiger partial charge in [-0.1, -0.05) is 0 Å². The number of hydrogen-bond donors (Lipinski definition) is 3. The van der Waals surface area contributed by atoms with Crippen LogP contribution < -0.4 is 11.1 Å². The first-order valence-electron chi connectivity index (χ1n) is 5.16. The zero-order valence-corrected chi connectivity index (χ0v) is 12.2. The highest BCUT2D eigenvalue weighted by atomic mass is 127. The van der Waals surface area contributed by atoms with Crippen molar-refractivity contribution in [3.05, 3.63) is 27.3 Å². The maximum Gasteiger partial charge on any atom is 0.426 e. The molecule has 9 heteroatoms. The summed E-state index contributed by atoms with van der Waals surface area (Å²) in [5.41, 5.74) is 1.15. The average Bonchev–Trinajstić information content (AvgIpc) is 2.29. The molecule has 1 aromatic rings. The molecule has 1 rings (SSSR count). The Morgan fingerprint density at radius 3 is 2.35 bits per heavy atom. The fourth-order valence-electron chi connectivity index (χ4n) is 1.20. The van der Waals surface area contributed by atoms with E-state index in [2.05, 4.69) is 0 Å². The summed E-state index contributed by atoms with van der Waals surface area (Å²) in [6.07, 6.45) is -5.15. The molecule has 0 heterocycles. The number of nitrogens with one attached hydrogen (secondary N) is 1. The van der Waals surface area contributed by atoms with E-state index < -0.39 is 23.6 Å². The molecule has 20 heavy (non-hydrogen) atoms. The summed E-state index contributed by atoms with van der Waals surface area (Å²) in [5.74, 6) is -2.61. The second kappa shape index (κ2) is 5.56. The van der Waals surface area contributed by atoms with Gasteiger partial charge in [0.25, 0.3) is 11.8 Å². The number of rotatable bonds is 3. The number of alkyl halides is 3. The molecule has 0 saturated heterocycles. The smallest absolute Gasteiger partial charge is 0.373 e. The van der Waals surface area contributed by atoms with Crippen molar-refractivity contribution in [1.29, 1.82) is 0 Å². The maximum atomic E-state index is 12.5. The van der Waals surface area contributed by atoms with Gasteiger partial charge < -0.3 is 16.2 Å². The van der Waals surface area contributed by atoms with E-state index in [9.17, 15) is 27.9 Å². The van der Waals surface area contributed by atoms with E-state index in [0.717, 1.165) is 0 Å². The van der Waals surface area contributed by atoms with Gasteiger partial charge in [-0.05, 0) is 47.7 Å². The lowest BCUT2D eigenvalue weighted by Crippen LogP contribution is -2.52. The summed E-state index contributed by atoms with van der Waals surface area (Å²) in [6.45, 7) is 0.318. The number of halogens is 4. The number of nitrogens with two attached hydrogens (primary N) is 1. The van der Waals surface area contributed by atoms with E-state index in [4.69, 9.17) is 5.73 Å². The van der Waals surface area contributed by atoms with Crippen molar-refractivity contribution >= 4 is 40.1 Å². The lowest BCUT2D eigenvalue weighted by Gasteiger charge is -2.25. The molecular formula is C11H10F3IN2O3. The van der Waals surface area contributed by atoms with E-state index in [0.29, 0.717) is 10.5 Å². The zero-order valence-electron chi connectivity index (χ0n) is 10.1. The highest BCUT2D eigenvalue weighted by molar-refractivity contribution is 14.1. The average molecular weight is 402 g/mol. The minimum atomic E-state index is -5.15. The van der Waals surface area contributed by atoms with Crippen LogP contribution in [0, 0.1) is 3.57 Å². The molecule has 0 aliphatic carbocycles. The number of benzene rings is 1. The van der Waals surface area contributed by atoms with Gasteiger partial charge in [-0.3, -0.25) is 9.59 Å². The molecule has 0 spiro atoms. The summed E-state index contributed by atoms with van der Waals surface area (Å²) in [7, 11) is 0. The molecular weight excluding hydrogens is 392 g/mol. The van der Waals surface area contributed by atoms with Crippen LogP contribution in [0.5, 0.6) is 0 Å². The van der Waals surface area contributed by atoms with Gasteiger partial charge in [-0.15, -0.1) is 0 Å². The molecule has 5 nitrogen and oxygen atoms in total. The summed E-state index contributed by atoms with van der Waals surface area (Å²) < 4.78 is 38.1. The maximum absolute atomic E-state index is 12.5. The Hall–Kier alpha value is -1.36. The summed E-state index contributed by atoms with van der Waals surface area (Å²) in [6, 6.07) is 4.00. The molecule has 110 valence electrons. The molecule has 1 unspecified atom stereocenters. The molecule has 0 aromatic heterocycles. The Morgan fingerprint density at radius 1 is 1.35 bits per heavy atom.